The van der Waals surface area contributed by atoms with Crippen molar-refractivity contribution >= 4 is 17.5 Å². The number of nitrogens with one attached hydrogen (secondary N) is 1. The van der Waals surface area contributed by atoms with E-state index in [1.165, 1.54) is 25.7 Å². The quantitative estimate of drug-likeness (QED) is 0.722. The van der Waals surface area contributed by atoms with Gasteiger partial charge in [0, 0.05) is 48.7 Å². The summed E-state index contributed by atoms with van der Waals surface area (Å²) in [6.45, 7) is 1.41. The minimum absolute atomic E-state index is 0.100. The molecule has 2 amide bonds. The predicted molar refractivity (Wildman–Crippen MR) is 116 cm³/mol. The zero-order valence-electron chi connectivity index (χ0n) is 17.5. The van der Waals surface area contributed by atoms with Gasteiger partial charge in [0.25, 0.3) is 0 Å². The van der Waals surface area contributed by atoms with Gasteiger partial charge in [-0.1, -0.05) is 25.7 Å². The van der Waals surface area contributed by atoms with Gasteiger partial charge in [0.05, 0.1) is 0 Å². The average molecular weight is 407 g/mol. The fraction of sp³-hybridized carbons (Fsp3) is 0.520. The number of hydrogen-bond acceptors (Lipinski definition) is 3. The predicted octanol–water partition coefficient (Wildman–Crippen LogP) is 5.15. The Balaban J connectivity index is 1.18. The minimum atomic E-state index is 0.100. The Bertz CT molecular complexity index is 920. The molecule has 1 aromatic carbocycles. The topological polar surface area (TPSA) is 62.6 Å². The largest absolute Gasteiger partial charge is 0.461 e. The van der Waals surface area contributed by atoms with E-state index in [4.69, 9.17) is 4.42 Å². The van der Waals surface area contributed by atoms with E-state index in [0.29, 0.717) is 18.9 Å². The molecule has 1 aromatic heterocycles. The third kappa shape index (κ3) is 4.30. The van der Waals surface area contributed by atoms with Gasteiger partial charge in [-0.15, -0.1) is 0 Å². The van der Waals surface area contributed by atoms with Crippen molar-refractivity contribution in [3.8, 4) is 11.3 Å². The van der Waals surface area contributed by atoms with Crippen molar-refractivity contribution in [3.63, 3.8) is 0 Å². The molecule has 0 atom stereocenters. The summed E-state index contributed by atoms with van der Waals surface area (Å²) in [5.41, 5.74) is 2.94. The van der Waals surface area contributed by atoms with Crippen molar-refractivity contribution in [3.05, 3.63) is 41.7 Å². The molecule has 0 unspecified atom stereocenters. The van der Waals surface area contributed by atoms with Crippen molar-refractivity contribution in [2.75, 3.05) is 11.9 Å². The fourth-order valence-corrected chi connectivity index (χ4v) is 4.83. The molecule has 158 valence electrons. The summed E-state index contributed by atoms with van der Waals surface area (Å²) in [4.78, 5) is 26.6. The first-order valence-electron chi connectivity index (χ1n) is 11.5. The highest BCUT2D eigenvalue weighted by Gasteiger charge is 2.35. The van der Waals surface area contributed by atoms with Gasteiger partial charge in [-0.05, 0) is 55.5 Å². The molecule has 5 rings (SSSR count). The van der Waals surface area contributed by atoms with Crippen LogP contribution < -0.4 is 5.32 Å². The molecule has 30 heavy (non-hydrogen) atoms. The zero-order chi connectivity index (χ0) is 20.5. The van der Waals surface area contributed by atoms with E-state index in [9.17, 15) is 9.59 Å². The number of hydrogen-bond donors (Lipinski definition) is 1. The van der Waals surface area contributed by atoms with Crippen LogP contribution in [0.25, 0.3) is 11.3 Å². The lowest BCUT2D eigenvalue weighted by Gasteiger charge is -2.26. The summed E-state index contributed by atoms with van der Waals surface area (Å²) in [7, 11) is 0. The summed E-state index contributed by atoms with van der Waals surface area (Å²) < 4.78 is 6.09. The van der Waals surface area contributed by atoms with Gasteiger partial charge in [-0.3, -0.25) is 9.59 Å². The summed E-state index contributed by atoms with van der Waals surface area (Å²) in [5, 5.41) is 3.01. The van der Waals surface area contributed by atoms with Crippen molar-refractivity contribution in [1.82, 2.24) is 4.90 Å². The first-order valence-corrected chi connectivity index (χ1v) is 11.5. The van der Waals surface area contributed by atoms with Gasteiger partial charge in [-0.25, -0.2) is 0 Å². The molecule has 5 nitrogen and oxygen atoms in total. The van der Waals surface area contributed by atoms with E-state index in [0.717, 1.165) is 66.5 Å². The number of benzene rings is 1. The number of nitrogens with zero attached hydrogens (tertiary/aromatic N) is 1. The molecule has 3 aliphatic rings. The van der Waals surface area contributed by atoms with Gasteiger partial charge < -0.3 is 14.6 Å². The molecular weight excluding hydrogens is 376 g/mol. The Kier molecular flexibility index (Phi) is 5.36. The summed E-state index contributed by atoms with van der Waals surface area (Å²) in [6, 6.07) is 9.92. The van der Waals surface area contributed by atoms with Gasteiger partial charge in [0.1, 0.15) is 11.5 Å². The Morgan fingerprint density at radius 1 is 1.07 bits per heavy atom. The standard InChI is InChI=1S/C25H30N2O3/c28-24(12-5-17-3-1-2-4-17)26-21-10-8-18(9-11-21)23-15-20-16-27(14-13-22(20)30-23)25(29)19-6-7-19/h8-11,15,17,19H,1-7,12-14,16H2,(H,26,28). The van der Waals surface area contributed by atoms with Crippen LogP contribution >= 0.6 is 0 Å². The highest BCUT2D eigenvalue weighted by Crippen LogP contribution is 2.35. The molecular formula is C25H30N2O3. The number of rotatable bonds is 6. The van der Waals surface area contributed by atoms with E-state index in [-0.39, 0.29) is 11.8 Å². The molecule has 2 aliphatic carbocycles. The highest BCUT2D eigenvalue weighted by atomic mass is 16.3. The van der Waals surface area contributed by atoms with Crippen LogP contribution in [-0.4, -0.2) is 23.3 Å². The molecule has 2 saturated carbocycles. The number of fused-ring (bicyclic) bond motifs is 1. The molecule has 1 aliphatic heterocycles. The first-order chi connectivity index (χ1) is 14.7. The molecule has 0 saturated heterocycles. The van der Waals surface area contributed by atoms with E-state index in [1.54, 1.807) is 0 Å². The summed E-state index contributed by atoms with van der Waals surface area (Å²) in [6.07, 6.45) is 9.67. The summed E-state index contributed by atoms with van der Waals surface area (Å²) in [5.74, 6) is 3.23. The van der Waals surface area contributed by atoms with Crippen molar-refractivity contribution in [1.29, 1.82) is 0 Å². The SMILES string of the molecule is O=C(CCC1CCCC1)Nc1ccc(-c2cc3c(o2)CCN(C(=O)C2CC2)C3)cc1. The maximum absolute atomic E-state index is 12.4. The molecule has 0 bridgehead atoms. The number of furan rings is 1. The second kappa shape index (κ2) is 8.29. The monoisotopic (exact) mass is 406 g/mol. The Labute approximate surface area is 177 Å². The van der Waals surface area contributed by atoms with Crippen molar-refractivity contribution in [2.45, 2.75) is 64.3 Å². The van der Waals surface area contributed by atoms with Gasteiger partial charge in [-0.2, -0.15) is 0 Å². The Hall–Kier alpha value is -2.56. The fourth-order valence-electron chi connectivity index (χ4n) is 4.83. The number of anilines is 1. The number of carbonyl (C=O) groups excluding carboxylic acids is 2. The van der Waals surface area contributed by atoms with Crippen LogP contribution in [0.5, 0.6) is 0 Å². The minimum Gasteiger partial charge on any atom is -0.461 e. The maximum Gasteiger partial charge on any atom is 0.225 e. The molecule has 2 aromatic rings. The molecule has 2 fully saturated rings. The lowest BCUT2D eigenvalue weighted by Crippen LogP contribution is -2.36. The molecule has 1 N–H and O–H groups in total. The summed E-state index contributed by atoms with van der Waals surface area (Å²) >= 11 is 0. The van der Waals surface area contributed by atoms with Crippen LogP contribution in [0.2, 0.25) is 0 Å². The Morgan fingerprint density at radius 3 is 2.57 bits per heavy atom. The number of amides is 2. The van der Waals surface area contributed by atoms with E-state index in [2.05, 4.69) is 11.4 Å². The lowest BCUT2D eigenvalue weighted by atomic mass is 10.0. The zero-order valence-corrected chi connectivity index (χ0v) is 17.5. The molecule has 5 heteroatoms. The van der Waals surface area contributed by atoms with Crippen molar-refractivity contribution < 1.29 is 14.0 Å². The second-order valence-electron chi connectivity index (χ2n) is 9.16. The molecule has 0 spiro atoms. The maximum atomic E-state index is 12.4. The lowest BCUT2D eigenvalue weighted by molar-refractivity contribution is -0.133. The van der Waals surface area contributed by atoms with E-state index < -0.39 is 0 Å². The Morgan fingerprint density at radius 2 is 1.83 bits per heavy atom. The third-order valence-electron chi connectivity index (χ3n) is 6.81. The normalized spacial score (nSPS) is 19.0. The van der Waals surface area contributed by atoms with Crippen LogP contribution in [0.4, 0.5) is 5.69 Å². The van der Waals surface area contributed by atoms with Crippen molar-refractivity contribution in [2.24, 2.45) is 11.8 Å². The van der Waals surface area contributed by atoms with E-state index in [1.807, 2.05) is 29.2 Å². The smallest absolute Gasteiger partial charge is 0.225 e. The van der Waals surface area contributed by atoms with Gasteiger partial charge in [0.15, 0.2) is 0 Å². The highest BCUT2D eigenvalue weighted by molar-refractivity contribution is 5.91. The average Bonchev–Trinajstić information content (AvgIpc) is 3.31. The van der Waals surface area contributed by atoms with Crippen LogP contribution in [0.1, 0.15) is 62.7 Å². The van der Waals surface area contributed by atoms with Crippen LogP contribution in [-0.2, 0) is 22.6 Å². The van der Waals surface area contributed by atoms with Gasteiger partial charge in [0.2, 0.25) is 11.8 Å². The van der Waals surface area contributed by atoms with Crippen LogP contribution in [0.3, 0.4) is 0 Å². The molecule has 0 radical (unpaired) electrons. The van der Waals surface area contributed by atoms with Crippen LogP contribution in [0.15, 0.2) is 34.7 Å². The third-order valence-corrected chi connectivity index (χ3v) is 6.81. The van der Waals surface area contributed by atoms with Crippen LogP contribution in [0, 0.1) is 11.8 Å². The van der Waals surface area contributed by atoms with Gasteiger partial charge >= 0.3 is 0 Å². The second-order valence-corrected chi connectivity index (χ2v) is 9.16. The molecule has 2 heterocycles. The first kappa shape index (κ1) is 19.4. The number of carbonyl (C=O) groups is 2. The van der Waals surface area contributed by atoms with E-state index >= 15 is 0 Å².